The number of rotatable bonds is 10. The number of halogens is 1. The summed E-state index contributed by atoms with van der Waals surface area (Å²) in [6, 6.07) is 11.7. The number of fused-ring (bicyclic) bond motifs is 2. The van der Waals surface area contributed by atoms with Crippen LogP contribution in [0.3, 0.4) is 0 Å². The van der Waals surface area contributed by atoms with Crippen molar-refractivity contribution in [1.29, 1.82) is 0 Å². The molecule has 7 rings (SSSR count). The van der Waals surface area contributed by atoms with E-state index in [4.69, 9.17) is 21.6 Å². The Morgan fingerprint density at radius 2 is 1.57 bits per heavy atom. The number of aliphatic hydroxyl groups is 1. The Labute approximate surface area is 321 Å². The van der Waals surface area contributed by atoms with Crippen LogP contribution in [0.2, 0.25) is 5.02 Å². The van der Waals surface area contributed by atoms with E-state index >= 15 is 0 Å². The zero-order valence-corrected chi connectivity index (χ0v) is 32.5. The molecular formula is C41H50ClN7O5. The zero-order valence-electron chi connectivity index (χ0n) is 31.8. The predicted molar refractivity (Wildman–Crippen MR) is 207 cm³/mol. The number of imidazole rings is 2. The summed E-state index contributed by atoms with van der Waals surface area (Å²) in [5.41, 5.74) is 7.09. The van der Waals surface area contributed by atoms with Gasteiger partial charge in [0.05, 0.1) is 33.6 Å². The van der Waals surface area contributed by atoms with Gasteiger partial charge in [-0.3, -0.25) is 24.2 Å². The van der Waals surface area contributed by atoms with Crippen LogP contribution in [0, 0.1) is 12.3 Å². The summed E-state index contributed by atoms with van der Waals surface area (Å²) in [5, 5.41) is 22.9. The molecule has 0 saturated heterocycles. The van der Waals surface area contributed by atoms with Crippen molar-refractivity contribution < 1.29 is 24.6 Å². The Kier molecular flexibility index (Phi) is 10.6. The number of aliphatic carboxylic acids is 1. The maximum absolute atomic E-state index is 13.7. The highest BCUT2D eigenvalue weighted by Gasteiger charge is 2.40. The number of carboxylic acid groups (broad SMARTS) is 1. The number of amides is 1. The number of nitrogens with zero attached hydrogens (tertiary/aromatic N) is 6. The number of anilines is 1. The minimum Gasteiger partial charge on any atom is -0.481 e. The Balaban J connectivity index is 1.05. The maximum Gasteiger partial charge on any atom is 0.309 e. The Bertz CT molecular complexity index is 2110. The third-order valence-corrected chi connectivity index (χ3v) is 12.4. The van der Waals surface area contributed by atoms with Crippen molar-refractivity contribution in [3.63, 3.8) is 0 Å². The van der Waals surface area contributed by atoms with Crippen molar-refractivity contribution in [1.82, 2.24) is 28.9 Å². The van der Waals surface area contributed by atoms with Crippen LogP contribution in [0.1, 0.15) is 94.7 Å². The molecule has 3 N–H and O–H groups in total. The second-order valence-electron chi connectivity index (χ2n) is 15.7. The molecule has 0 unspecified atom stereocenters. The van der Waals surface area contributed by atoms with Crippen molar-refractivity contribution >= 4 is 34.9 Å². The molecule has 1 fully saturated rings. The van der Waals surface area contributed by atoms with Crippen molar-refractivity contribution in [2.45, 2.75) is 91.0 Å². The highest BCUT2D eigenvalue weighted by atomic mass is 35.5. The molecule has 2 aromatic heterocycles. The van der Waals surface area contributed by atoms with Crippen LogP contribution in [0.5, 0.6) is 0 Å². The van der Waals surface area contributed by atoms with Gasteiger partial charge in [0.2, 0.25) is 5.78 Å². The quantitative estimate of drug-likeness (QED) is 0.176. The van der Waals surface area contributed by atoms with E-state index in [1.54, 1.807) is 13.0 Å². The predicted octanol–water partition coefficient (Wildman–Crippen LogP) is 5.59. The first-order chi connectivity index (χ1) is 25.7. The number of nitrogens with one attached hydrogen (secondary N) is 1. The molecule has 4 aromatic rings. The van der Waals surface area contributed by atoms with Gasteiger partial charge in [0, 0.05) is 89.1 Å². The van der Waals surface area contributed by atoms with Gasteiger partial charge >= 0.3 is 5.97 Å². The van der Waals surface area contributed by atoms with E-state index in [0.29, 0.717) is 60.9 Å². The Morgan fingerprint density at radius 3 is 2.28 bits per heavy atom. The fraction of sp³-hybridized carbons (Fsp3) is 0.488. The number of Topliss-reactive ketones (excluding diaryl/α,β-unsaturated/α-hetero) is 1. The lowest BCUT2D eigenvalue weighted by atomic mass is 9.73. The highest BCUT2D eigenvalue weighted by molar-refractivity contribution is 6.36. The number of carboxylic acids is 1. The van der Waals surface area contributed by atoms with Crippen molar-refractivity contribution in [3.8, 4) is 11.1 Å². The first kappa shape index (κ1) is 37.9. The lowest BCUT2D eigenvalue weighted by Gasteiger charge is -2.41. The molecule has 1 amide bonds. The third-order valence-electron chi connectivity index (χ3n) is 12.0. The van der Waals surface area contributed by atoms with Gasteiger partial charge in [0.15, 0.2) is 11.6 Å². The largest absolute Gasteiger partial charge is 0.481 e. The fourth-order valence-corrected chi connectivity index (χ4v) is 8.95. The monoisotopic (exact) mass is 755 g/mol. The first-order valence-corrected chi connectivity index (χ1v) is 19.3. The molecule has 0 spiro atoms. The summed E-state index contributed by atoms with van der Waals surface area (Å²) in [4.78, 5) is 53.3. The summed E-state index contributed by atoms with van der Waals surface area (Å²) in [6.07, 6.45) is 4.28. The Hall–Kier alpha value is -4.36. The maximum atomic E-state index is 13.7. The summed E-state index contributed by atoms with van der Waals surface area (Å²) < 4.78 is 3.79. The molecule has 1 saturated carbocycles. The molecule has 3 aliphatic rings. The fourth-order valence-electron chi connectivity index (χ4n) is 8.68. The molecule has 4 heterocycles. The number of benzene rings is 2. The van der Waals surface area contributed by atoms with Gasteiger partial charge < -0.3 is 24.7 Å². The van der Waals surface area contributed by atoms with Crippen molar-refractivity contribution in [3.05, 3.63) is 87.0 Å². The molecule has 286 valence electrons. The number of hydrogen-bond donors (Lipinski definition) is 3. The van der Waals surface area contributed by atoms with E-state index in [-0.39, 0.29) is 18.1 Å². The standard InChI is InChI=1S/C41H50ClN7O5/c1-24(50)21-48-18-14-33-31(22-48)43-37(46(33)4)35(51)20-26-8-6-9-28(25(26)2)29-10-7-11-30(36(29)42)45-39(52)38-44-32-23-49(19-15-34(32)47(38)5)27-12-16-41(3,17-13-27)40(53)54/h6-11,24,27,50H,12-23H2,1-5H3,(H,45,52)(H,53,54)/t24-,27?,41?/m0/s1. The normalized spacial score (nSPS) is 21.0. The molecule has 54 heavy (non-hydrogen) atoms. The molecule has 12 nitrogen and oxygen atoms in total. The smallest absolute Gasteiger partial charge is 0.309 e. The van der Waals surface area contributed by atoms with Gasteiger partial charge in [-0.15, -0.1) is 0 Å². The molecule has 2 aromatic carbocycles. The molecule has 0 bridgehead atoms. The summed E-state index contributed by atoms with van der Waals surface area (Å²) in [7, 11) is 3.77. The van der Waals surface area contributed by atoms with E-state index in [1.807, 2.05) is 67.4 Å². The molecule has 2 aliphatic heterocycles. The number of hydrogen-bond acceptors (Lipinski definition) is 8. The van der Waals surface area contributed by atoms with Crippen LogP contribution >= 0.6 is 11.6 Å². The number of β-amino-alcohol motifs (C(OH)–C–C–N with tert-alkyl or cyclic N) is 1. The van der Waals surface area contributed by atoms with Crippen LogP contribution in [0.15, 0.2) is 36.4 Å². The van der Waals surface area contributed by atoms with Crippen molar-refractivity contribution in [2.75, 3.05) is 25.0 Å². The van der Waals surface area contributed by atoms with Gasteiger partial charge in [-0.05, 0) is 69.2 Å². The molecule has 1 aliphatic carbocycles. The summed E-state index contributed by atoms with van der Waals surface area (Å²) >= 11 is 7.02. The van der Waals surface area contributed by atoms with E-state index in [9.17, 15) is 24.6 Å². The second kappa shape index (κ2) is 15.1. The van der Waals surface area contributed by atoms with Crippen molar-refractivity contribution in [2.24, 2.45) is 19.5 Å². The van der Waals surface area contributed by atoms with Gasteiger partial charge in [0.1, 0.15) is 0 Å². The highest BCUT2D eigenvalue weighted by Crippen LogP contribution is 2.40. The lowest BCUT2D eigenvalue weighted by molar-refractivity contribution is -0.150. The summed E-state index contributed by atoms with van der Waals surface area (Å²) in [5.74, 6) is -0.385. The topological polar surface area (TPSA) is 146 Å². The van der Waals surface area contributed by atoms with Crippen LogP contribution in [0.4, 0.5) is 5.69 Å². The van der Waals surface area contributed by atoms with Gasteiger partial charge in [-0.1, -0.05) is 41.9 Å². The SMILES string of the molecule is Cc1c(CC(=O)c2nc3c(n2C)CCN(C[C@H](C)O)C3)cccc1-c1cccc(NC(=O)c2nc3c(n2C)CCN(C2CCC(C)(C(=O)O)CC2)C3)c1Cl. The number of carbonyl (C=O) groups is 3. The molecule has 0 radical (unpaired) electrons. The lowest BCUT2D eigenvalue weighted by Crippen LogP contribution is -2.44. The zero-order chi connectivity index (χ0) is 38.5. The molecular weight excluding hydrogens is 706 g/mol. The number of ketones is 1. The second-order valence-corrected chi connectivity index (χ2v) is 16.1. The van der Waals surface area contributed by atoms with Gasteiger partial charge in [0.25, 0.3) is 5.91 Å². The minimum absolute atomic E-state index is 0.0675. The van der Waals surface area contributed by atoms with E-state index in [0.717, 1.165) is 83.8 Å². The van der Waals surface area contributed by atoms with E-state index in [2.05, 4.69) is 15.1 Å². The Morgan fingerprint density at radius 1 is 0.944 bits per heavy atom. The minimum atomic E-state index is -0.717. The van der Waals surface area contributed by atoms with E-state index in [1.165, 1.54) is 0 Å². The van der Waals surface area contributed by atoms with Gasteiger partial charge in [-0.2, -0.15) is 0 Å². The first-order valence-electron chi connectivity index (χ1n) is 18.9. The van der Waals surface area contributed by atoms with Crippen LogP contribution in [-0.4, -0.2) is 88.6 Å². The van der Waals surface area contributed by atoms with Crippen LogP contribution in [-0.2, 0) is 51.2 Å². The van der Waals surface area contributed by atoms with Crippen LogP contribution < -0.4 is 5.32 Å². The van der Waals surface area contributed by atoms with Gasteiger partial charge in [-0.25, -0.2) is 9.97 Å². The average molecular weight is 756 g/mol. The number of carbonyl (C=O) groups excluding carboxylic acids is 2. The number of aliphatic hydroxyl groups excluding tert-OH is 1. The molecule has 1 atom stereocenters. The van der Waals surface area contributed by atoms with E-state index < -0.39 is 17.5 Å². The molecule has 13 heteroatoms. The van der Waals surface area contributed by atoms with Crippen LogP contribution in [0.25, 0.3) is 11.1 Å². The average Bonchev–Trinajstić information content (AvgIpc) is 3.65. The summed E-state index contributed by atoms with van der Waals surface area (Å²) in [6.45, 7) is 9.07. The third kappa shape index (κ3) is 7.24. The number of aromatic nitrogens is 4.